The summed E-state index contributed by atoms with van der Waals surface area (Å²) in [6.45, 7) is 1.43. The van der Waals surface area contributed by atoms with Crippen molar-refractivity contribution in [1.29, 1.82) is 0 Å². The number of fused-ring (bicyclic) bond motifs is 3. The number of aromatic hydroxyl groups is 2. The minimum Gasteiger partial charge on any atom is -0.508 e. The number of phenolic OH excluding ortho intramolecular Hbond substituents is 2. The van der Waals surface area contributed by atoms with Crippen LogP contribution in [0, 0.1) is 0 Å². The molecule has 0 saturated heterocycles. The Morgan fingerprint density at radius 2 is 1.79 bits per heavy atom. The van der Waals surface area contributed by atoms with Gasteiger partial charge >= 0.3 is 5.63 Å². The lowest BCUT2D eigenvalue weighted by atomic mass is 9.97. The topological polar surface area (TPSA) is 97.0 Å². The summed E-state index contributed by atoms with van der Waals surface area (Å²) in [7, 11) is 1.43. The van der Waals surface area contributed by atoms with Crippen LogP contribution >= 0.6 is 0 Å². The smallest absolute Gasteiger partial charge is 0.344 e. The molecule has 4 rings (SSSR count). The highest BCUT2D eigenvalue weighted by molar-refractivity contribution is 6.08. The molecule has 146 valence electrons. The standard InChI is InChI=1S/C23H18O6/c1-12(24)13-7-8-15-16-11-20(28-2)21(26)18(10-14-5-3-4-6-19(14)25)22(16)29-23(27)17(15)9-13/h3-9,11,25-26H,10H2,1-2H3. The van der Waals surface area contributed by atoms with Crippen LogP contribution in [-0.4, -0.2) is 23.1 Å². The highest BCUT2D eigenvalue weighted by Gasteiger charge is 2.20. The van der Waals surface area contributed by atoms with Gasteiger partial charge in [0, 0.05) is 28.3 Å². The summed E-state index contributed by atoms with van der Waals surface area (Å²) in [5.74, 6) is -0.0353. The van der Waals surface area contributed by atoms with Crippen molar-refractivity contribution in [3.05, 3.63) is 75.6 Å². The summed E-state index contributed by atoms with van der Waals surface area (Å²) in [4.78, 5) is 24.4. The van der Waals surface area contributed by atoms with Crippen LogP contribution in [0.3, 0.4) is 0 Å². The van der Waals surface area contributed by atoms with Crippen LogP contribution in [0.1, 0.15) is 28.4 Å². The highest BCUT2D eigenvalue weighted by atomic mass is 16.5. The fourth-order valence-corrected chi connectivity index (χ4v) is 3.49. The SMILES string of the molecule is COc1cc2c(oc(=O)c3cc(C(C)=O)ccc32)c(Cc2ccccc2O)c1O. The summed E-state index contributed by atoms with van der Waals surface area (Å²) in [6, 6.07) is 13.2. The van der Waals surface area contributed by atoms with E-state index in [9.17, 15) is 19.8 Å². The molecule has 0 aliphatic carbocycles. The van der Waals surface area contributed by atoms with Gasteiger partial charge < -0.3 is 19.4 Å². The molecule has 0 aliphatic heterocycles. The molecule has 0 saturated carbocycles. The summed E-state index contributed by atoms with van der Waals surface area (Å²) < 4.78 is 10.9. The maximum absolute atomic E-state index is 12.7. The molecule has 0 amide bonds. The van der Waals surface area contributed by atoms with E-state index in [0.29, 0.717) is 27.5 Å². The molecule has 4 aromatic rings. The van der Waals surface area contributed by atoms with Gasteiger partial charge in [0.2, 0.25) is 0 Å². The zero-order valence-corrected chi connectivity index (χ0v) is 15.9. The Morgan fingerprint density at radius 3 is 2.48 bits per heavy atom. The minimum atomic E-state index is -0.612. The van der Waals surface area contributed by atoms with Gasteiger partial charge in [0.05, 0.1) is 12.5 Å². The Balaban J connectivity index is 2.07. The molecule has 0 fully saturated rings. The number of carbonyl (C=O) groups excluding carboxylic acids is 1. The van der Waals surface area contributed by atoms with E-state index in [1.54, 1.807) is 42.5 Å². The molecule has 0 bridgehead atoms. The Hall–Kier alpha value is -3.80. The van der Waals surface area contributed by atoms with Crippen molar-refractivity contribution in [3.63, 3.8) is 0 Å². The first-order valence-corrected chi connectivity index (χ1v) is 8.98. The number of hydrogen-bond donors (Lipinski definition) is 2. The lowest BCUT2D eigenvalue weighted by Gasteiger charge is -2.14. The summed E-state index contributed by atoms with van der Waals surface area (Å²) in [6.07, 6.45) is 0.131. The van der Waals surface area contributed by atoms with Gasteiger partial charge in [-0.25, -0.2) is 4.79 Å². The van der Waals surface area contributed by atoms with E-state index in [1.807, 2.05) is 0 Å². The third-order valence-corrected chi connectivity index (χ3v) is 5.02. The average Bonchev–Trinajstić information content (AvgIpc) is 2.71. The van der Waals surface area contributed by atoms with Crippen molar-refractivity contribution < 1.29 is 24.2 Å². The van der Waals surface area contributed by atoms with E-state index in [4.69, 9.17) is 9.15 Å². The van der Waals surface area contributed by atoms with Crippen LogP contribution in [-0.2, 0) is 6.42 Å². The van der Waals surface area contributed by atoms with Crippen LogP contribution in [0.25, 0.3) is 21.7 Å². The molecular weight excluding hydrogens is 372 g/mol. The first-order valence-electron chi connectivity index (χ1n) is 8.98. The van der Waals surface area contributed by atoms with Gasteiger partial charge in [0.25, 0.3) is 0 Å². The molecule has 6 nitrogen and oxygen atoms in total. The van der Waals surface area contributed by atoms with Gasteiger partial charge in [-0.3, -0.25) is 4.79 Å². The molecule has 0 spiro atoms. The second-order valence-electron chi connectivity index (χ2n) is 6.79. The predicted octanol–water partition coefficient (Wildman–Crippen LogP) is 4.16. The Morgan fingerprint density at radius 1 is 1.03 bits per heavy atom. The molecule has 3 aromatic carbocycles. The number of ether oxygens (including phenoxy) is 1. The van der Waals surface area contributed by atoms with Gasteiger partial charge in [0.1, 0.15) is 11.3 Å². The second-order valence-corrected chi connectivity index (χ2v) is 6.79. The fourth-order valence-electron chi connectivity index (χ4n) is 3.49. The van der Waals surface area contributed by atoms with Crippen LogP contribution in [0.5, 0.6) is 17.2 Å². The number of ketones is 1. The number of hydrogen-bond acceptors (Lipinski definition) is 6. The fraction of sp³-hybridized carbons (Fsp3) is 0.130. The number of rotatable bonds is 4. The van der Waals surface area contributed by atoms with Crippen molar-refractivity contribution in [2.45, 2.75) is 13.3 Å². The van der Waals surface area contributed by atoms with E-state index in [1.165, 1.54) is 20.1 Å². The van der Waals surface area contributed by atoms with Crippen molar-refractivity contribution >= 4 is 27.5 Å². The lowest BCUT2D eigenvalue weighted by molar-refractivity contribution is 0.101. The number of phenols is 2. The first-order chi connectivity index (χ1) is 13.9. The van der Waals surface area contributed by atoms with E-state index < -0.39 is 5.63 Å². The van der Waals surface area contributed by atoms with Crippen molar-refractivity contribution in [1.82, 2.24) is 0 Å². The summed E-state index contributed by atoms with van der Waals surface area (Å²) in [5, 5.41) is 22.3. The molecule has 0 unspecified atom stereocenters. The van der Waals surface area contributed by atoms with E-state index in [0.717, 1.165) is 0 Å². The maximum Gasteiger partial charge on any atom is 0.344 e. The molecule has 6 heteroatoms. The van der Waals surface area contributed by atoms with Crippen LogP contribution in [0.2, 0.25) is 0 Å². The monoisotopic (exact) mass is 390 g/mol. The quantitative estimate of drug-likeness (QED) is 0.309. The van der Waals surface area contributed by atoms with Crippen molar-refractivity contribution in [2.24, 2.45) is 0 Å². The molecule has 29 heavy (non-hydrogen) atoms. The Kier molecular flexibility index (Phi) is 4.47. The van der Waals surface area contributed by atoms with Gasteiger partial charge in [-0.1, -0.05) is 30.3 Å². The summed E-state index contributed by atoms with van der Waals surface area (Å²) in [5.41, 5.74) is 0.894. The average molecular weight is 390 g/mol. The van der Waals surface area contributed by atoms with Crippen LogP contribution in [0.15, 0.2) is 57.7 Å². The molecule has 1 heterocycles. The minimum absolute atomic E-state index is 0.0668. The zero-order chi connectivity index (χ0) is 20.7. The lowest BCUT2D eigenvalue weighted by Crippen LogP contribution is -2.04. The van der Waals surface area contributed by atoms with Crippen molar-refractivity contribution in [3.8, 4) is 17.2 Å². The van der Waals surface area contributed by atoms with E-state index in [-0.39, 0.29) is 40.4 Å². The summed E-state index contributed by atoms with van der Waals surface area (Å²) >= 11 is 0. The molecular formula is C23H18O6. The Labute approximate surface area is 165 Å². The predicted molar refractivity (Wildman–Crippen MR) is 109 cm³/mol. The number of carbonyl (C=O) groups is 1. The van der Waals surface area contributed by atoms with Crippen LogP contribution < -0.4 is 10.4 Å². The van der Waals surface area contributed by atoms with E-state index >= 15 is 0 Å². The number of benzene rings is 3. The molecule has 0 atom stereocenters. The largest absolute Gasteiger partial charge is 0.508 e. The van der Waals surface area contributed by atoms with Crippen molar-refractivity contribution in [2.75, 3.05) is 7.11 Å². The van der Waals surface area contributed by atoms with Gasteiger partial charge in [-0.15, -0.1) is 0 Å². The number of para-hydroxylation sites is 1. The Bertz CT molecular complexity index is 1330. The molecule has 0 aliphatic rings. The maximum atomic E-state index is 12.7. The number of Topliss-reactive ketones (excluding diaryl/α,β-unsaturated/α-hetero) is 1. The molecule has 2 N–H and O–H groups in total. The van der Waals surface area contributed by atoms with Gasteiger partial charge in [-0.2, -0.15) is 0 Å². The normalized spacial score (nSPS) is 11.1. The zero-order valence-electron chi connectivity index (χ0n) is 15.9. The molecule has 1 aromatic heterocycles. The van der Waals surface area contributed by atoms with Gasteiger partial charge in [-0.05, 0) is 30.7 Å². The first kappa shape index (κ1) is 18.6. The van der Waals surface area contributed by atoms with Crippen LogP contribution in [0.4, 0.5) is 0 Å². The third-order valence-electron chi connectivity index (χ3n) is 5.02. The third kappa shape index (κ3) is 3.08. The van der Waals surface area contributed by atoms with Gasteiger partial charge in [0.15, 0.2) is 17.3 Å². The molecule has 0 radical (unpaired) electrons. The van der Waals surface area contributed by atoms with E-state index in [2.05, 4.69) is 0 Å². The second kappa shape index (κ2) is 6.98. The number of methoxy groups -OCH3 is 1. The highest BCUT2D eigenvalue weighted by Crippen LogP contribution is 2.40.